The Morgan fingerprint density at radius 1 is 1.26 bits per heavy atom. The van der Waals surface area contributed by atoms with Gasteiger partial charge in [0.1, 0.15) is 11.5 Å². The summed E-state index contributed by atoms with van der Waals surface area (Å²) in [6.07, 6.45) is 4.25. The number of nitrogens with zero attached hydrogens (tertiary/aromatic N) is 2. The second kappa shape index (κ2) is 9.58. The number of dihydropyridines is 1. The van der Waals surface area contributed by atoms with Crippen molar-refractivity contribution in [3.05, 3.63) is 53.5 Å². The van der Waals surface area contributed by atoms with Crippen LogP contribution in [0.3, 0.4) is 0 Å². The summed E-state index contributed by atoms with van der Waals surface area (Å²) in [6, 6.07) is 0.711. The number of amides is 1. The van der Waals surface area contributed by atoms with E-state index < -0.39 is 23.8 Å². The summed E-state index contributed by atoms with van der Waals surface area (Å²) >= 11 is 0. The molecule has 3 aliphatic rings. The summed E-state index contributed by atoms with van der Waals surface area (Å²) in [5.74, 6) is -0.401. The van der Waals surface area contributed by atoms with Gasteiger partial charge < -0.3 is 16.0 Å². The van der Waals surface area contributed by atoms with Gasteiger partial charge in [-0.15, -0.1) is 0 Å². The molecule has 186 valence electrons. The number of hydrogen-bond donors (Lipinski definition) is 3. The maximum atomic E-state index is 14.5. The minimum Gasteiger partial charge on any atom is -0.376 e. The van der Waals surface area contributed by atoms with Gasteiger partial charge >= 0.3 is 6.18 Å². The minimum absolute atomic E-state index is 0.293. The fraction of sp³-hybridized carbons (Fsp3) is 0.542. The van der Waals surface area contributed by atoms with Crippen LogP contribution in [0.15, 0.2) is 36.6 Å². The summed E-state index contributed by atoms with van der Waals surface area (Å²) in [6.45, 7) is 1.90. The number of halogens is 4. The Hall–Kier alpha value is -2.59. The van der Waals surface area contributed by atoms with Crippen LogP contribution in [0.25, 0.3) is 0 Å². The van der Waals surface area contributed by atoms with E-state index in [0.29, 0.717) is 30.1 Å². The van der Waals surface area contributed by atoms with Crippen LogP contribution in [-0.2, 0) is 17.8 Å². The molecule has 1 aromatic rings. The average Bonchev–Trinajstić information content (AvgIpc) is 3.61. The summed E-state index contributed by atoms with van der Waals surface area (Å²) in [7, 11) is 3.02. The number of alkyl halides is 3. The Bertz CT molecular complexity index is 973. The third-order valence-electron chi connectivity index (χ3n) is 6.77. The molecule has 1 aromatic carbocycles. The SMILES string of the molecule is CN(C)C1(C(NC(=O)CNc2ccc(F)c3c2CCN(CC2CC2)C3)C(F)(F)F)C=CC=CN1. The van der Waals surface area contributed by atoms with Crippen LogP contribution in [-0.4, -0.2) is 67.3 Å². The predicted octanol–water partition coefficient (Wildman–Crippen LogP) is 2.98. The number of fused-ring (bicyclic) bond motifs is 1. The smallest absolute Gasteiger partial charge is 0.376 e. The van der Waals surface area contributed by atoms with Gasteiger partial charge in [0.05, 0.1) is 6.54 Å². The number of carbonyl (C=O) groups is 1. The first kappa shape index (κ1) is 24.5. The number of anilines is 1. The molecular formula is C24H31F4N5O. The van der Waals surface area contributed by atoms with E-state index in [1.165, 1.54) is 56.3 Å². The first-order valence-electron chi connectivity index (χ1n) is 11.5. The molecule has 6 nitrogen and oxygen atoms in total. The molecule has 3 N–H and O–H groups in total. The van der Waals surface area contributed by atoms with Crippen LogP contribution in [0, 0.1) is 11.7 Å². The molecule has 1 amide bonds. The molecule has 1 aliphatic carbocycles. The van der Waals surface area contributed by atoms with Crippen LogP contribution >= 0.6 is 0 Å². The lowest BCUT2D eigenvalue weighted by Crippen LogP contribution is -2.71. The molecule has 4 rings (SSSR count). The van der Waals surface area contributed by atoms with E-state index in [2.05, 4.69) is 20.9 Å². The maximum absolute atomic E-state index is 14.5. The van der Waals surface area contributed by atoms with Gasteiger partial charge in [0.25, 0.3) is 0 Å². The van der Waals surface area contributed by atoms with Crippen molar-refractivity contribution in [2.24, 2.45) is 5.92 Å². The lowest BCUT2D eigenvalue weighted by atomic mass is 9.95. The predicted molar refractivity (Wildman–Crippen MR) is 122 cm³/mol. The summed E-state index contributed by atoms with van der Waals surface area (Å²) in [5.41, 5.74) is 0.310. The fourth-order valence-electron chi connectivity index (χ4n) is 4.71. The average molecular weight is 482 g/mol. The van der Waals surface area contributed by atoms with E-state index in [1.807, 2.05) is 0 Å². The number of likely N-dealkylation sites (N-methyl/N-ethyl adjacent to an activating group) is 1. The molecule has 2 atom stereocenters. The van der Waals surface area contributed by atoms with Gasteiger partial charge in [-0.2, -0.15) is 13.2 Å². The molecule has 0 bridgehead atoms. The van der Waals surface area contributed by atoms with Crippen LogP contribution in [0.4, 0.5) is 23.2 Å². The standard InChI is InChI=1S/C24H31F4N5O/c1-32(2)23(10-3-4-11-30-23)22(24(26,27)28)31-21(34)13-29-20-8-7-19(25)18-15-33(12-9-17(18)20)14-16-5-6-16/h3-4,7-8,10-11,16,22,29-30H,5-6,9,12-15H2,1-2H3,(H,31,34). The van der Waals surface area contributed by atoms with E-state index in [1.54, 1.807) is 12.1 Å². The van der Waals surface area contributed by atoms with Crippen molar-refractivity contribution in [1.82, 2.24) is 20.4 Å². The van der Waals surface area contributed by atoms with E-state index in [4.69, 9.17) is 0 Å². The molecule has 10 heteroatoms. The van der Waals surface area contributed by atoms with E-state index in [0.717, 1.165) is 18.7 Å². The summed E-state index contributed by atoms with van der Waals surface area (Å²) in [5, 5.41) is 7.83. The van der Waals surface area contributed by atoms with Gasteiger partial charge in [-0.1, -0.05) is 6.08 Å². The van der Waals surface area contributed by atoms with Crippen molar-refractivity contribution in [3.63, 3.8) is 0 Å². The third-order valence-corrected chi connectivity index (χ3v) is 6.77. The molecule has 0 spiro atoms. The quantitative estimate of drug-likeness (QED) is 0.499. The highest BCUT2D eigenvalue weighted by Crippen LogP contribution is 2.34. The maximum Gasteiger partial charge on any atom is 0.412 e. The lowest BCUT2D eigenvalue weighted by Gasteiger charge is -2.45. The summed E-state index contributed by atoms with van der Waals surface area (Å²) < 4.78 is 56.6. The Morgan fingerprint density at radius 3 is 2.65 bits per heavy atom. The van der Waals surface area contributed by atoms with Crippen molar-refractivity contribution in [2.75, 3.05) is 39.0 Å². The van der Waals surface area contributed by atoms with Crippen molar-refractivity contribution < 1.29 is 22.4 Å². The monoisotopic (exact) mass is 481 g/mol. The molecule has 0 saturated heterocycles. The Morgan fingerprint density at radius 2 is 2.03 bits per heavy atom. The molecule has 2 unspecified atom stereocenters. The minimum atomic E-state index is -4.71. The van der Waals surface area contributed by atoms with Crippen LogP contribution in [0.1, 0.15) is 24.0 Å². The van der Waals surface area contributed by atoms with Gasteiger partial charge in [-0.3, -0.25) is 14.6 Å². The molecule has 0 aromatic heterocycles. The van der Waals surface area contributed by atoms with Crippen molar-refractivity contribution >= 4 is 11.6 Å². The molecule has 34 heavy (non-hydrogen) atoms. The highest BCUT2D eigenvalue weighted by atomic mass is 19.4. The summed E-state index contributed by atoms with van der Waals surface area (Å²) in [4.78, 5) is 16.3. The number of nitrogens with one attached hydrogen (secondary N) is 3. The molecular weight excluding hydrogens is 450 g/mol. The van der Waals surface area contributed by atoms with E-state index >= 15 is 0 Å². The van der Waals surface area contributed by atoms with E-state index in [9.17, 15) is 22.4 Å². The number of hydrogen-bond acceptors (Lipinski definition) is 5. The molecule has 2 aliphatic heterocycles. The number of benzene rings is 1. The lowest BCUT2D eigenvalue weighted by molar-refractivity contribution is -0.184. The highest BCUT2D eigenvalue weighted by Gasteiger charge is 2.55. The van der Waals surface area contributed by atoms with Crippen molar-refractivity contribution in [3.8, 4) is 0 Å². The van der Waals surface area contributed by atoms with Gasteiger partial charge in [-0.25, -0.2) is 4.39 Å². The van der Waals surface area contributed by atoms with Gasteiger partial charge in [-0.05, 0) is 75.3 Å². The molecule has 0 radical (unpaired) electrons. The number of allylic oxidation sites excluding steroid dienone is 2. The van der Waals surface area contributed by atoms with Crippen molar-refractivity contribution in [1.29, 1.82) is 0 Å². The van der Waals surface area contributed by atoms with Gasteiger partial charge in [0.15, 0.2) is 6.04 Å². The topological polar surface area (TPSA) is 59.6 Å². The van der Waals surface area contributed by atoms with Crippen LogP contribution < -0.4 is 16.0 Å². The fourth-order valence-corrected chi connectivity index (χ4v) is 4.71. The molecule has 1 saturated carbocycles. The zero-order valence-corrected chi connectivity index (χ0v) is 19.4. The van der Waals surface area contributed by atoms with E-state index in [-0.39, 0.29) is 12.4 Å². The zero-order chi connectivity index (χ0) is 24.5. The second-order valence-corrected chi connectivity index (χ2v) is 9.46. The first-order valence-corrected chi connectivity index (χ1v) is 11.5. The Kier molecular flexibility index (Phi) is 6.91. The third kappa shape index (κ3) is 5.22. The Balaban J connectivity index is 1.45. The van der Waals surface area contributed by atoms with Crippen molar-refractivity contribution in [2.45, 2.75) is 43.7 Å². The first-order chi connectivity index (χ1) is 16.1. The second-order valence-electron chi connectivity index (χ2n) is 9.46. The van der Waals surface area contributed by atoms with Crippen LogP contribution in [0.2, 0.25) is 0 Å². The number of carbonyl (C=O) groups excluding carboxylic acids is 1. The normalized spacial score (nSPS) is 23.4. The van der Waals surface area contributed by atoms with Crippen LogP contribution in [0.5, 0.6) is 0 Å². The molecule has 2 heterocycles. The largest absolute Gasteiger partial charge is 0.412 e. The molecule has 1 fully saturated rings. The highest BCUT2D eigenvalue weighted by molar-refractivity contribution is 5.81. The number of rotatable bonds is 8. The van der Waals surface area contributed by atoms with Gasteiger partial charge in [0.2, 0.25) is 5.91 Å². The zero-order valence-electron chi connectivity index (χ0n) is 19.4. The van der Waals surface area contributed by atoms with Gasteiger partial charge in [0, 0.05) is 30.9 Å². The Labute approximate surface area is 197 Å².